The molecule has 0 aliphatic carbocycles. The lowest BCUT2D eigenvalue weighted by Gasteiger charge is -2.31. The van der Waals surface area contributed by atoms with Crippen molar-refractivity contribution in [3.8, 4) is 5.75 Å². The number of nitrogens with zero attached hydrogens (tertiary/aromatic N) is 1. The first-order chi connectivity index (χ1) is 10.6. The van der Waals surface area contributed by atoms with Crippen molar-refractivity contribution < 1.29 is 4.74 Å². The molecule has 0 aromatic heterocycles. The molecule has 3 heteroatoms. The van der Waals surface area contributed by atoms with Gasteiger partial charge in [-0.1, -0.05) is 24.3 Å². The van der Waals surface area contributed by atoms with Gasteiger partial charge in [0.25, 0.3) is 0 Å². The highest BCUT2D eigenvalue weighted by Crippen LogP contribution is 2.29. The molecule has 1 aliphatic rings. The number of para-hydroxylation sites is 1. The third-order valence-electron chi connectivity index (χ3n) is 4.34. The third kappa shape index (κ3) is 3.03. The highest BCUT2D eigenvalue weighted by Gasteiger charge is 2.17. The van der Waals surface area contributed by atoms with Crippen LogP contribution in [0.3, 0.4) is 0 Å². The van der Waals surface area contributed by atoms with Gasteiger partial charge in [-0.05, 0) is 55.5 Å². The molecular formula is C19H24N2O. The number of fused-ring (bicyclic) bond motifs is 1. The topological polar surface area (TPSA) is 38.5 Å². The van der Waals surface area contributed by atoms with E-state index >= 15 is 0 Å². The molecule has 0 unspecified atom stereocenters. The van der Waals surface area contributed by atoms with Crippen molar-refractivity contribution in [3.05, 3.63) is 53.1 Å². The molecule has 22 heavy (non-hydrogen) atoms. The van der Waals surface area contributed by atoms with Gasteiger partial charge in [-0.25, -0.2) is 0 Å². The fourth-order valence-corrected chi connectivity index (χ4v) is 3.18. The average molecular weight is 296 g/mol. The SMILES string of the molecule is Cc1cccc(C)c1OCCN1CCCc2ccc(N)cc21. The number of anilines is 2. The lowest BCUT2D eigenvalue weighted by Crippen LogP contribution is -2.33. The summed E-state index contributed by atoms with van der Waals surface area (Å²) in [5, 5.41) is 0. The second-order valence-corrected chi connectivity index (χ2v) is 6.05. The van der Waals surface area contributed by atoms with Crippen LogP contribution in [-0.2, 0) is 6.42 Å². The van der Waals surface area contributed by atoms with Crippen molar-refractivity contribution in [2.75, 3.05) is 30.3 Å². The Hall–Kier alpha value is -2.16. The highest BCUT2D eigenvalue weighted by molar-refractivity contribution is 5.62. The zero-order chi connectivity index (χ0) is 15.5. The second-order valence-electron chi connectivity index (χ2n) is 6.05. The van der Waals surface area contributed by atoms with Crippen LogP contribution in [-0.4, -0.2) is 19.7 Å². The van der Waals surface area contributed by atoms with E-state index < -0.39 is 0 Å². The van der Waals surface area contributed by atoms with Gasteiger partial charge in [-0.2, -0.15) is 0 Å². The molecule has 3 nitrogen and oxygen atoms in total. The molecule has 0 atom stereocenters. The summed E-state index contributed by atoms with van der Waals surface area (Å²) in [5.74, 6) is 1.02. The van der Waals surface area contributed by atoms with Gasteiger partial charge in [-0.15, -0.1) is 0 Å². The minimum Gasteiger partial charge on any atom is -0.491 e. The maximum Gasteiger partial charge on any atom is 0.125 e. The van der Waals surface area contributed by atoms with Gasteiger partial charge in [0.15, 0.2) is 0 Å². The van der Waals surface area contributed by atoms with Crippen LogP contribution >= 0.6 is 0 Å². The molecule has 1 heterocycles. The molecule has 0 saturated carbocycles. The summed E-state index contributed by atoms with van der Waals surface area (Å²) in [6.45, 7) is 6.86. The first-order valence-corrected chi connectivity index (χ1v) is 7.97. The molecule has 116 valence electrons. The maximum atomic E-state index is 6.04. The van der Waals surface area contributed by atoms with Crippen LogP contribution < -0.4 is 15.4 Å². The Kier molecular flexibility index (Phi) is 4.23. The summed E-state index contributed by atoms with van der Waals surface area (Å²) in [6.07, 6.45) is 2.34. The molecule has 2 aromatic carbocycles. The number of ether oxygens (including phenoxy) is 1. The Morgan fingerprint density at radius 3 is 2.68 bits per heavy atom. The van der Waals surface area contributed by atoms with E-state index in [1.807, 2.05) is 6.07 Å². The Bertz CT molecular complexity index is 646. The summed E-state index contributed by atoms with van der Waals surface area (Å²) in [4.78, 5) is 2.39. The van der Waals surface area contributed by atoms with Gasteiger partial charge >= 0.3 is 0 Å². The van der Waals surface area contributed by atoms with Crippen molar-refractivity contribution >= 4 is 11.4 Å². The fraction of sp³-hybridized carbons (Fsp3) is 0.368. The number of nitrogens with two attached hydrogens (primary N) is 1. The quantitative estimate of drug-likeness (QED) is 0.874. The Labute approximate surface area is 132 Å². The molecule has 2 aromatic rings. The lowest BCUT2D eigenvalue weighted by molar-refractivity contribution is 0.318. The van der Waals surface area contributed by atoms with E-state index in [4.69, 9.17) is 10.5 Å². The molecule has 2 N–H and O–H groups in total. The Balaban J connectivity index is 1.67. The van der Waals surface area contributed by atoms with E-state index in [-0.39, 0.29) is 0 Å². The van der Waals surface area contributed by atoms with Gasteiger partial charge in [0.2, 0.25) is 0 Å². The van der Waals surface area contributed by atoms with E-state index in [9.17, 15) is 0 Å². The summed E-state index contributed by atoms with van der Waals surface area (Å²) in [7, 11) is 0. The molecule has 0 amide bonds. The zero-order valence-electron chi connectivity index (χ0n) is 13.4. The van der Waals surface area contributed by atoms with Gasteiger partial charge < -0.3 is 15.4 Å². The molecular weight excluding hydrogens is 272 g/mol. The van der Waals surface area contributed by atoms with Crippen molar-refractivity contribution in [1.82, 2.24) is 0 Å². The first kappa shape index (κ1) is 14.8. The van der Waals surface area contributed by atoms with Gasteiger partial charge in [0.1, 0.15) is 12.4 Å². The molecule has 0 saturated heterocycles. The number of hydrogen-bond donors (Lipinski definition) is 1. The molecule has 0 radical (unpaired) electrons. The van der Waals surface area contributed by atoms with E-state index in [2.05, 4.69) is 49.1 Å². The summed E-state index contributed by atoms with van der Waals surface area (Å²) < 4.78 is 6.04. The van der Waals surface area contributed by atoms with E-state index in [0.29, 0.717) is 6.61 Å². The summed E-state index contributed by atoms with van der Waals surface area (Å²) in [6, 6.07) is 12.5. The predicted molar refractivity (Wildman–Crippen MR) is 92.8 cm³/mol. The minimum atomic E-state index is 0.694. The van der Waals surface area contributed by atoms with Crippen molar-refractivity contribution in [1.29, 1.82) is 0 Å². The zero-order valence-corrected chi connectivity index (χ0v) is 13.4. The minimum absolute atomic E-state index is 0.694. The molecule has 3 rings (SSSR count). The van der Waals surface area contributed by atoms with E-state index in [0.717, 1.165) is 30.9 Å². The molecule has 1 aliphatic heterocycles. The maximum absolute atomic E-state index is 6.04. The van der Waals surface area contributed by atoms with Crippen molar-refractivity contribution in [2.45, 2.75) is 26.7 Å². The fourth-order valence-electron chi connectivity index (χ4n) is 3.18. The van der Waals surface area contributed by atoms with Crippen molar-refractivity contribution in [3.63, 3.8) is 0 Å². The number of hydrogen-bond acceptors (Lipinski definition) is 3. The molecule has 0 bridgehead atoms. The second kappa shape index (κ2) is 6.30. The van der Waals surface area contributed by atoms with Crippen LogP contribution in [0.25, 0.3) is 0 Å². The van der Waals surface area contributed by atoms with Crippen LogP contribution in [0.5, 0.6) is 5.75 Å². The van der Waals surface area contributed by atoms with Crippen LogP contribution in [0.4, 0.5) is 11.4 Å². The first-order valence-electron chi connectivity index (χ1n) is 7.97. The summed E-state index contributed by atoms with van der Waals surface area (Å²) in [5.41, 5.74) is 11.8. The van der Waals surface area contributed by atoms with Crippen LogP contribution in [0, 0.1) is 13.8 Å². The predicted octanol–water partition coefficient (Wildman–Crippen LogP) is 3.72. The van der Waals surface area contributed by atoms with Crippen molar-refractivity contribution in [2.24, 2.45) is 0 Å². The Morgan fingerprint density at radius 1 is 1.14 bits per heavy atom. The summed E-state index contributed by atoms with van der Waals surface area (Å²) >= 11 is 0. The van der Waals surface area contributed by atoms with Crippen LogP contribution in [0.2, 0.25) is 0 Å². The van der Waals surface area contributed by atoms with Crippen LogP contribution in [0.15, 0.2) is 36.4 Å². The van der Waals surface area contributed by atoms with E-state index in [1.165, 1.54) is 28.8 Å². The van der Waals surface area contributed by atoms with Gasteiger partial charge in [-0.3, -0.25) is 0 Å². The molecule has 0 spiro atoms. The number of aryl methyl sites for hydroxylation is 3. The number of benzene rings is 2. The standard InChI is InChI=1S/C19H24N2O/c1-14-5-3-6-15(2)19(14)22-12-11-21-10-4-7-16-8-9-17(20)13-18(16)21/h3,5-6,8-9,13H,4,7,10-12,20H2,1-2H3. The number of rotatable bonds is 4. The van der Waals surface area contributed by atoms with Crippen LogP contribution in [0.1, 0.15) is 23.1 Å². The monoisotopic (exact) mass is 296 g/mol. The van der Waals surface area contributed by atoms with E-state index in [1.54, 1.807) is 0 Å². The largest absolute Gasteiger partial charge is 0.491 e. The average Bonchev–Trinajstić information content (AvgIpc) is 2.50. The molecule has 0 fully saturated rings. The smallest absolute Gasteiger partial charge is 0.125 e. The Morgan fingerprint density at radius 2 is 1.91 bits per heavy atom. The third-order valence-corrected chi connectivity index (χ3v) is 4.34. The number of nitrogen functional groups attached to an aromatic ring is 1. The normalized spacial score (nSPS) is 13.8. The van der Waals surface area contributed by atoms with Gasteiger partial charge in [0.05, 0.1) is 6.54 Å². The highest BCUT2D eigenvalue weighted by atomic mass is 16.5. The lowest BCUT2D eigenvalue weighted by atomic mass is 10.0. The van der Waals surface area contributed by atoms with Gasteiger partial charge in [0, 0.05) is 17.9 Å².